The number of thiazole rings is 1. The van der Waals surface area contributed by atoms with E-state index in [1.807, 2.05) is 35.7 Å². The molecule has 1 aromatic carbocycles. The van der Waals surface area contributed by atoms with E-state index in [1.54, 1.807) is 4.90 Å². The molecule has 0 unspecified atom stereocenters. The molecule has 1 aromatic heterocycles. The Hall–Kier alpha value is -2.45. The van der Waals surface area contributed by atoms with Gasteiger partial charge in [0, 0.05) is 44.0 Å². The summed E-state index contributed by atoms with van der Waals surface area (Å²) in [4.78, 5) is 34.1. The van der Waals surface area contributed by atoms with Crippen molar-refractivity contribution in [1.29, 1.82) is 0 Å². The van der Waals surface area contributed by atoms with Crippen LogP contribution in [0.25, 0.3) is 0 Å². The van der Waals surface area contributed by atoms with E-state index in [-0.39, 0.29) is 24.3 Å². The van der Waals surface area contributed by atoms with E-state index in [2.05, 4.69) is 29.0 Å². The Morgan fingerprint density at radius 2 is 1.82 bits per heavy atom. The smallest absolute Gasteiger partial charge is 0.260 e. The number of likely N-dealkylation sites (tertiary alicyclic amines) is 2. The van der Waals surface area contributed by atoms with Crippen molar-refractivity contribution < 1.29 is 14.3 Å². The molecule has 0 spiro atoms. The normalized spacial score (nSPS) is 22.2. The summed E-state index contributed by atoms with van der Waals surface area (Å²) in [5.41, 5.74) is 1.02. The number of carbonyl (C=O) groups excluding carboxylic acids is 2. The molecule has 2 amide bonds. The van der Waals surface area contributed by atoms with Crippen LogP contribution >= 0.6 is 11.3 Å². The number of amides is 2. The Morgan fingerprint density at radius 1 is 1.12 bits per heavy atom. The number of hydrogen-bond acceptors (Lipinski definition) is 6. The third kappa shape index (κ3) is 6.77. The molecule has 2 saturated heterocycles. The molecule has 2 atom stereocenters. The third-order valence-electron chi connectivity index (χ3n) is 6.44. The van der Waals surface area contributed by atoms with Crippen molar-refractivity contribution in [2.75, 3.05) is 38.1 Å². The first-order valence-electron chi connectivity index (χ1n) is 11.9. The summed E-state index contributed by atoms with van der Waals surface area (Å²) >= 11 is 1.49. The van der Waals surface area contributed by atoms with Crippen molar-refractivity contribution >= 4 is 28.3 Å². The average molecular weight is 471 g/mol. The van der Waals surface area contributed by atoms with E-state index in [9.17, 15) is 9.59 Å². The van der Waals surface area contributed by atoms with Crippen LogP contribution in [0.15, 0.2) is 35.7 Å². The van der Waals surface area contributed by atoms with Gasteiger partial charge in [0.05, 0.1) is 5.69 Å². The van der Waals surface area contributed by atoms with Gasteiger partial charge in [-0.1, -0.05) is 32.0 Å². The van der Waals surface area contributed by atoms with Gasteiger partial charge in [-0.2, -0.15) is 0 Å². The molecule has 3 heterocycles. The highest BCUT2D eigenvalue weighted by molar-refractivity contribution is 7.13. The minimum Gasteiger partial charge on any atom is -0.484 e. The first-order chi connectivity index (χ1) is 16.0. The van der Waals surface area contributed by atoms with Crippen LogP contribution in [-0.2, 0) is 16.1 Å². The van der Waals surface area contributed by atoms with Gasteiger partial charge in [-0.15, -0.1) is 11.3 Å². The van der Waals surface area contributed by atoms with Crippen LogP contribution in [0.3, 0.4) is 0 Å². The molecule has 0 aliphatic carbocycles. The Balaban J connectivity index is 1.20. The first kappa shape index (κ1) is 23.7. The molecule has 2 aliphatic rings. The van der Waals surface area contributed by atoms with Crippen molar-refractivity contribution in [3.05, 3.63) is 41.4 Å². The standard InChI is InChI=1S/C25H34N4O3S/c1-18-12-19(2)14-28(13-18)15-21-17-33-25(26-21)27-24(31)20-8-10-29(11-9-20)23(30)16-32-22-6-4-3-5-7-22/h3-7,17-20H,8-16H2,1-2H3,(H,26,27,31)/t18-,19+. The number of benzene rings is 1. The number of aromatic nitrogens is 1. The second-order valence-corrected chi connectivity index (χ2v) is 10.4. The van der Waals surface area contributed by atoms with Crippen molar-refractivity contribution in [3.8, 4) is 5.75 Å². The highest BCUT2D eigenvalue weighted by atomic mass is 32.1. The lowest BCUT2D eigenvalue weighted by molar-refractivity contribution is -0.136. The fraction of sp³-hybridized carbons (Fsp3) is 0.560. The van der Waals surface area contributed by atoms with Crippen LogP contribution < -0.4 is 10.1 Å². The Morgan fingerprint density at radius 3 is 2.52 bits per heavy atom. The van der Waals surface area contributed by atoms with Crippen molar-refractivity contribution in [3.63, 3.8) is 0 Å². The van der Waals surface area contributed by atoms with E-state index in [0.29, 0.717) is 48.6 Å². The summed E-state index contributed by atoms with van der Waals surface area (Å²) in [5.74, 6) is 1.99. The number of ether oxygens (including phenoxy) is 1. The number of rotatable bonds is 7. The monoisotopic (exact) mass is 470 g/mol. The quantitative estimate of drug-likeness (QED) is 0.665. The van der Waals surface area contributed by atoms with Gasteiger partial charge in [0.2, 0.25) is 5.91 Å². The molecule has 1 N–H and O–H groups in total. The second-order valence-electron chi connectivity index (χ2n) is 9.53. The van der Waals surface area contributed by atoms with Gasteiger partial charge in [-0.05, 0) is 43.2 Å². The molecule has 33 heavy (non-hydrogen) atoms. The number of piperidine rings is 2. The number of anilines is 1. The molecule has 0 radical (unpaired) electrons. The summed E-state index contributed by atoms with van der Waals surface area (Å²) in [6, 6.07) is 9.34. The van der Waals surface area contributed by atoms with Gasteiger partial charge in [-0.3, -0.25) is 14.5 Å². The van der Waals surface area contributed by atoms with Crippen LogP contribution in [0, 0.1) is 17.8 Å². The van der Waals surface area contributed by atoms with Gasteiger partial charge >= 0.3 is 0 Å². The third-order valence-corrected chi connectivity index (χ3v) is 7.24. The molecule has 2 aliphatic heterocycles. The van der Waals surface area contributed by atoms with Crippen molar-refractivity contribution in [2.24, 2.45) is 17.8 Å². The van der Waals surface area contributed by atoms with Gasteiger partial charge in [0.1, 0.15) is 5.75 Å². The fourth-order valence-corrected chi connectivity index (χ4v) is 5.64. The molecular formula is C25H34N4O3S. The highest BCUT2D eigenvalue weighted by Crippen LogP contribution is 2.25. The molecule has 178 valence electrons. The zero-order valence-corrected chi connectivity index (χ0v) is 20.4. The highest BCUT2D eigenvalue weighted by Gasteiger charge is 2.28. The number of carbonyl (C=O) groups is 2. The molecule has 7 nitrogen and oxygen atoms in total. The Labute approximate surface area is 200 Å². The minimum absolute atomic E-state index is 0.00347. The molecule has 4 rings (SSSR count). The van der Waals surface area contributed by atoms with Gasteiger partial charge in [0.15, 0.2) is 11.7 Å². The zero-order chi connectivity index (χ0) is 23.2. The van der Waals surface area contributed by atoms with Crippen LogP contribution in [0.1, 0.15) is 38.8 Å². The lowest BCUT2D eigenvalue weighted by Gasteiger charge is -2.34. The number of para-hydroxylation sites is 1. The maximum Gasteiger partial charge on any atom is 0.260 e. The predicted octanol–water partition coefficient (Wildman–Crippen LogP) is 3.88. The summed E-state index contributed by atoms with van der Waals surface area (Å²) in [5, 5.41) is 5.72. The molecule has 2 aromatic rings. The van der Waals surface area contributed by atoms with Crippen LogP contribution in [0.4, 0.5) is 5.13 Å². The number of hydrogen-bond donors (Lipinski definition) is 1. The predicted molar refractivity (Wildman–Crippen MR) is 130 cm³/mol. The van der Waals surface area contributed by atoms with E-state index in [4.69, 9.17) is 4.74 Å². The zero-order valence-electron chi connectivity index (χ0n) is 19.5. The summed E-state index contributed by atoms with van der Waals surface area (Å²) in [6.45, 7) is 8.85. The summed E-state index contributed by atoms with van der Waals surface area (Å²) < 4.78 is 5.56. The maximum atomic E-state index is 12.8. The molecule has 0 bridgehead atoms. The summed E-state index contributed by atoms with van der Waals surface area (Å²) in [7, 11) is 0. The Kier molecular flexibility index (Phi) is 7.98. The molecule has 0 saturated carbocycles. The van der Waals surface area contributed by atoms with Gasteiger partial charge in [0.25, 0.3) is 5.91 Å². The number of nitrogens with one attached hydrogen (secondary N) is 1. The summed E-state index contributed by atoms with van der Waals surface area (Å²) in [6.07, 6.45) is 2.61. The Bertz CT molecular complexity index is 917. The molecule has 8 heteroatoms. The van der Waals surface area contributed by atoms with Gasteiger partial charge in [-0.25, -0.2) is 4.98 Å². The van der Waals surface area contributed by atoms with Crippen LogP contribution in [-0.4, -0.2) is 59.4 Å². The van der Waals surface area contributed by atoms with Crippen molar-refractivity contribution in [2.45, 2.75) is 39.7 Å². The lowest BCUT2D eigenvalue weighted by atomic mass is 9.92. The fourth-order valence-electron chi connectivity index (χ4n) is 4.94. The van der Waals surface area contributed by atoms with E-state index >= 15 is 0 Å². The maximum absolute atomic E-state index is 12.8. The van der Waals surface area contributed by atoms with E-state index in [1.165, 1.54) is 17.8 Å². The molecular weight excluding hydrogens is 436 g/mol. The van der Waals surface area contributed by atoms with Crippen molar-refractivity contribution in [1.82, 2.24) is 14.8 Å². The van der Waals surface area contributed by atoms with E-state index < -0.39 is 0 Å². The second kappa shape index (κ2) is 11.1. The lowest BCUT2D eigenvalue weighted by Crippen LogP contribution is -2.43. The largest absolute Gasteiger partial charge is 0.484 e. The van der Waals surface area contributed by atoms with Crippen LogP contribution in [0.2, 0.25) is 0 Å². The SMILES string of the molecule is C[C@@H]1C[C@H](C)CN(Cc2csc(NC(=O)C3CCN(C(=O)COc4ccccc4)CC3)n2)C1. The van der Waals surface area contributed by atoms with Crippen LogP contribution in [0.5, 0.6) is 5.75 Å². The first-order valence-corrected chi connectivity index (χ1v) is 12.8. The topological polar surface area (TPSA) is 74.8 Å². The average Bonchev–Trinajstić information content (AvgIpc) is 3.24. The minimum atomic E-state index is -0.0970. The number of nitrogens with zero attached hydrogens (tertiary/aromatic N) is 3. The van der Waals surface area contributed by atoms with E-state index in [0.717, 1.165) is 25.3 Å². The van der Waals surface area contributed by atoms with Gasteiger partial charge < -0.3 is 15.0 Å². The molecule has 2 fully saturated rings.